The Kier molecular flexibility index (Phi) is 10.6. The van der Waals surface area contributed by atoms with Gasteiger partial charge in [0.05, 0.1) is 18.9 Å². The van der Waals surface area contributed by atoms with Crippen molar-refractivity contribution in [2.24, 2.45) is 5.92 Å². The second-order valence-corrected chi connectivity index (χ2v) is 16.6. The van der Waals surface area contributed by atoms with Crippen LogP contribution in [0.15, 0.2) is 54.6 Å². The Morgan fingerprint density at radius 3 is 2.53 bits per heavy atom. The molecule has 2 aromatic carbocycles. The molecule has 2 aliphatic heterocycles. The summed E-state index contributed by atoms with van der Waals surface area (Å²) in [5, 5.41) is 12.0. The number of rotatable bonds is 10. The van der Waals surface area contributed by atoms with E-state index in [9.17, 15) is 23.3 Å². The number of carbonyl (C=O) groups is 2. The summed E-state index contributed by atoms with van der Waals surface area (Å²) in [4.78, 5) is 34.9. The molecule has 0 aliphatic carbocycles. The fraction of sp³-hybridized carbons (Fsp3) is 0.474. The molecule has 2 saturated heterocycles. The normalized spacial score (nSPS) is 17.5. The Morgan fingerprint density at radius 1 is 1.02 bits per heavy atom. The van der Waals surface area contributed by atoms with Crippen molar-refractivity contribution in [2.45, 2.75) is 71.1 Å². The molecule has 13 heteroatoms. The van der Waals surface area contributed by atoms with Gasteiger partial charge >= 0.3 is 12.1 Å². The van der Waals surface area contributed by atoms with Crippen molar-refractivity contribution >= 4 is 49.6 Å². The van der Waals surface area contributed by atoms with Crippen LogP contribution in [0.3, 0.4) is 0 Å². The quantitative estimate of drug-likeness (QED) is 0.191. The van der Waals surface area contributed by atoms with Gasteiger partial charge in [-0.15, -0.1) is 0 Å². The monoisotopic (exact) mass is 714 g/mol. The topological polar surface area (TPSA) is 147 Å². The third kappa shape index (κ3) is 8.80. The Balaban J connectivity index is 1.25. The van der Waals surface area contributed by atoms with Gasteiger partial charge in [0.1, 0.15) is 28.7 Å². The summed E-state index contributed by atoms with van der Waals surface area (Å²) in [7, 11) is -1.71. The summed E-state index contributed by atoms with van der Waals surface area (Å²) in [5.74, 6) is -0.358. The standard InChI is InChI=1S/C38H46N6O6S/c1-38(2,3)50-37(46)43-16-7-9-32(43)15-19-51(47,48)41-31-20-27-8-5-6-10-33(27)29(21-31)24-44-34(22-28-11-12-30(23-39)40-35(28)44)36(45)49-25-26-13-17-42(4)18-14-26/h5-6,8,10-12,20-22,26,32,41H,7,9,13-19,24-25H2,1-4H3/t32-/m0/s1. The number of hydrogen-bond donors (Lipinski definition) is 1. The summed E-state index contributed by atoms with van der Waals surface area (Å²) < 4.78 is 42.9. The molecule has 0 spiro atoms. The van der Waals surface area contributed by atoms with Crippen LogP contribution in [-0.2, 0) is 26.0 Å². The molecular formula is C38H46N6O6S. The fourth-order valence-corrected chi connectivity index (χ4v) is 8.14. The molecule has 4 heterocycles. The van der Waals surface area contributed by atoms with Crippen molar-refractivity contribution < 1.29 is 27.5 Å². The van der Waals surface area contributed by atoms with E-state index in [-0.39, 0.29) is 36.4 Å². The predicted molar refractivity (Wildman–Crippen MR) is 196 cm³/mol. The first-order valence-corrected chi connectivity index (χ1v) is 19.2. The van der Waals surface area contributed by atoms with E-state index in [1.54, 1.807) is 39.8 Å². The van der Waals surface area contributed by atoms with Crippen molar-refractivity contribution in [3.63, 3.8) is 0 Å². The molecule has 4 aromatic rings. The minimum atomic E-state index is -3.80. The number of ether oxygens (including phenoxy) is 2. The number of pyridine rings is 1. The minimum absolute atomic E-state index is 0.171. The van der Waals surface area contributed by atoms with E-state index in [2.05, 4.69) is 27.7 Å². The number of aromatic nitrogens is 2. The number of fused-ring (bicyclic) bond motifs is 2. The van der Waals surface area contributed by atoms with E-state index in [0.29, 0.717) is 42.0 Å². The van der Waals surface area contributed by atoms with Crippen molar-refractivity contribution in [2.75, 3.05) is 43.8 Å². The molecule has 270 valence electrons. The van der Waals surface area contributed by atoms with Gasteiger partial charge in [-0.25, -0.2) is 23.0 Å². The van der Waals surface area contributed by atoms with E-state index in [1.807, 2.05) is 45.0 Å². The number of piperidine rings is 1. The van der Waals surface area contributed by atoms with Crippen LogP contribution in [0.4, 0.5) is 10.5 Å². The molecule has 12 nitrogen and oxygen atoms in total. The first-order chi connectivity index (χ1) is 24.3. The number of benzene rings is 2. The maximum Gasteiger partial charge on any atom is 0.410 e. The van der Waals surface area contributed by atoms with Gasteiger partial charge in [0.2, 0.25) is 10.0 Å². The summed E-state index contributed by atoms with van der Waals surface area (Å²) in [5.41, 5.74) is 1.48. The van der Waals surface area contributed by atoms with Crippen LogP contribution in [0, 0.1) is 17.2 Å². The number of amides is 1. The molecule has 2 aliphatic rings. The van der Waals surface area contributed by atoms with Crippen molar-refractivity contribution in [1.29, 1.82) is 5.26 Å². The van der Waals surface area contributed by atoms with Gasteiger partial charge in [0, 0.05) is 23.7 Å². The lowest BCUT2D eigenvalue weighted by atomic mass is 9.98. The van der Waals surface area contributed by atoms with E-state index in [0.717, 1.165) is 48.7 Å². The van der Waals surface area contributed by atoms with E-state index in [4.69, 9.17) is 9.47 Å². The molecule has 1 amide bonds. The molecule has 1 N–H and O–H groups in total. The number of hydrogen-bond acceptors (Lipinski definition) is 9. The summed E-state index contributed by atoms with van der Waals surface area (Å²) >= 11 is 0. The van der Waals surface area contributed by atoms with Crippen molar-refractivity contribution in [3.8, 4) is 6.07 Å². The number of carbonyl (C=O) groups excluding carboxylic acids is 2. The van der Waals surface area contributed by atoms with E-state index < -0.39 is 27.7 Å². The lowest BCUT2D eigenvalue weighted by Gasteiger charge is -2.28. The number of likely N-dealkylation sites (tertiary alicyclic amines) is 2. The molecular weight excluding hydrogens is 669 g/mol. The van der Waals surface area contributed by atoms with Crippen LogP contribution in [0.1, 0.15) is 74.6 Å². The van der Waals surface area contributed by atoms with Crippen LogP contribution in [-0.4, -0.2) is 90.5 Å². The first-order valence-electron chi connectivity index (χ1n) is 17.6. The molecule has 0 bridgehead atoms. The largest absolute Gasteiger partial charge is 0.461 e. The highest BCUT2D eigenvalue weighted by molar-refractivity contribution is 7.92. The molecule has 2 aromatic heterocycles. The SMILES string of the molecule is CN1CCC(COC(=O)c2cc3ccc(C#N)nc3n2Cc2cc(NS(=O)(=O)CC[C@@H]3CCCN3C(=O)OC(C)(C)C)cc3ccccc23)CC1. The first kappa shape index (κ1) is 36.1. The number of nitrogens with zero attached hydrogens (tertiary/aromatic N) is 5. The van der Waals surface area contributed by atoms with Gasteiger partial charge in [0.25, 0.3) is 0 Å². The van der Waals surface area contributed by atoms with Crippen molar-refractivity contribution in [3.05, 3.63) is 71.5 Å². The van der Waals surface area contributed by atoms with Crippen LogP contribution in [0.25, 0.3) is 21.8 Å². The van der Waals surface area contributed by atoms with Gasteiger partial charge in [-0.1, -0.05) is 24.3 Å². The second kappa shape index (κ2) is 14.9. The zero-order valence-corrected chi connectivity index (χ0v) is 30.5. The van der Waals surface area contributed by atoms with Crippen LogP contribution >= 0.6 is 0 Å². The molecule has 51 heavy (non-hydrogen) atoms. The molecule has 2 fully saturated rings. The minimum Gasteiger partial charge on any atom is -0.461 e. The number of nitrogens with one attached hydrogen (secondary N) is 1. The lowest BCUT2D eigenvalue weighted by Crippen LogP contribution is -2.40. The highest BCUT2D eigenvalue weighted by atomic mass is 32.2. The summed E-state index contributed by atoms with van der Waals surface area (Å²) in [6, 6.07) is 18.2. The maximum absolute atomic E-state index is 13.6. The highest BCUT2D eigenvalue weighted by Crippen LogP contribution is 2.30. The molecule has 6 rings (SSSR count). The Bertz CT molecular complexity index is 2070. The highest BCUT2D eigenvalue weighted by Gasteiger charge is 2.33. The van der Waals surface area contributed by atoms with Crippen LogP contribution in [0.2, 0.25) is 0 Å². The van der Waals surface area contributed by atoms with Crippen molar-refractivity contribution in [1.82, 2.24) is 19.4 Å². The smallest absolute Gasteiger partial charge is 0.410 e. The van der Waals surface area contributed by atoms with Gasteiger partial charge < -0.3 is 23.8 Å². The Labute approximate surface area is 299 Å². The molecule has 0 radical (unpaired) electrons. The number of nitriles is 1. The van der Waals surface area contributed by atoms with E-state index >= 15 is 0 Å². The van der Waals surface area contributed by atoms with Gasteiger partial charge in [0.15, 0.2) is 0 Å². The average Bonchev–Trinajstić information content (AvgIpc) is 3.71. The summed E-state index contributed by atoms with van der Waals surface area (Å²) in [6.45, 7) is 8.38. The average molecular weight is 715 g/mol. The number of anilines is 1. The summed E-state index contributed by atoms with van der Waals surface area (Å²) in [6.07, 6.45) is 3.27. The fourth-order valence-electron chi connectivity index (χ4n) is 6.98. The lowest BCUT2D eigenvalue weighted by molar-refractivity contribution is 0.0223. The van der Waals surface area contributed by atoms with Gasteiger partial charge in [-0.05, 0) is 126 Å². The van der Waals surface area contributed by atoms with Gasteiger partial charge in [-0.3, -0.25) is 4.72 Å². The maximum atomic E-state index is 13.6. The number of sulfonamides is 1. The third-order valence-corrected chi connectivity index (χ3v) is 11.0. The molecule has 1 atom stereocenters. The second-order valence-electron chi connectivity index (χ2n) is 14.7. The van der Waals surface area contributed by atoms with E-state index in [1.165, 1.54) is 0 Å². The number of esters is 1. The zero-order chi connectivity index (χ0) is 36.3. The third-order valence-electron chi connectivity index (χ3n) is 9.63. The zero-order valence-electron chi connectivity index (χ0n) is 29.7. The Hall–Kier alpha value is -4.67. The Morgan fingerprint density at radius 2 is 1.78 bits per heavy atom. The van der Waals surface area contributed by atoms with Crippen LogP contribution in [0.5, 0.6) is 0 Å². The molecule has 0 saturated carbocycles. The van der Waals surface area contributed by atoms with Gasteiger partial charge in [-0.2, -0.15) is 5.26 Å². The van der Waals surface area contributed by atoms with Crippen LogP contribution < -0.4 is 4.72 Å². The molecule has 0 unspecified atom stereocenters. The predicted octanol–water partition coefficient (Wildman–Crippen LogP) is 6.14.